The molecular weight excluding hydrogens is 308 g/mol. The lowest BCUT2D eigenvalue weighted by molar-refractivity contribution is -0.143. The molecular formula is C18H22N2O4. The van der Waals surface area contributed by atoms with E-state index in [4.69, 9.17) is 4.74 Å². The Morgan fingerprint density at radius 2 is 1.83 bits per heavy atom. The highest BCUT2D eigenvalue weighted by atomic mass is 16.5. The number of rotatable bonds is 5. The van der Waals surface area contributed by atoms with Crippen LogP contribution < -0.4 is 5.32 Å². The maximum Gasteiger partial charge on any atom is 0.289 e. The molecule has 0 spiro atoms. The van der Waals surface area contributed by atoms with E-state index in [1.54, 1.807) is 0 Å². The average molecular weight is 330 g/mol. The second-order valence-electron chi connectivity index (χ2n) is 6.29. The Hall–Kier alpha value is -2.21. The number of ketones is 1. The van der Waals surface area contributed by atoms with Gasteiger partial charge in [-0.2, -0.15) is 0 Å². The predicted molar refractivity (Wildman–Crippen MR) is 87.0 cm³/mol. The molecule has 0 bridgehead atoms. The minimum atomic E-state index is -0.655. The lowest BCUT2D eigenvalue weighted by atomic mass is 10.1. The topological polar surface area (TPSA) is 75.7 Å². The number of nitrogens with zero attached hydrogens (tertiary/aromatic N) is 1. The summed E-state index contributed by atoms with van der Waals surface area (Å²) in [6.07, 6.45) is 2.16. The molecule has 1 aromatic carbocycles. The second-order valence-corrected chi connectivity index (χ2v) is 6.29. The highest BCUT2D eigenvalue weighted by Crippen LogP contribution is 2.22. The fourth-order valence-corrected chi connectivity index (χ4v) is 3.23. The van der Waals surface area contributed by atoms with Gasteiger partial charge in [-0.05, 0) is 24.8 Å². The molecule has 2 aliphatic rings. The van der Waals surface area contributed by atoms with Crippen LogP contribution in [0.5, 0.6) is 0 Å². The summed E-state index contributed by atoms with van der Waals surface area (Å²) in [5.74, 6) is -1.17. The number of Topliss-reactive ketones (excluding diaryl/α,β-unsaturated/α-hetero) is 1. The van der Waals surface area contributed by atoms with Crippen molar-refractivity contribution in [3.63, 3.8) is 0 Å². The minimum Gasteiger partial charge on any atom is -0.381 e. The molecule has 6 nitrogen and oxygen atoms in total. The van der Waals surface area contributed by atoms with Gasteiger partial charge in [-0.3, -0.25) is 14.4 Å². The zero-order valence-electron chi connectivity index (χ0n) is 13.6. The number of ether oxygens (including phenoxy) is 1. The van der Waals surface area contributed by atoms with E-state index in [-0.39, 0.29) is 11.9 Å². The van der Waals surface area contributed by atoms with E-state index in [2.05, 4.69) is 5.32 Å². The Morgan fingerprint density at radius 3 is 2.54 bits per heavy atom. The maximum atomic E-state index is 12.5. The van der Waals surface area contributed by atoms with Crippen LogP contribution in [0.25, 0.3) is 0 Å². The first-order valence-corrected chi connectivity index (χ1v) is 8.41. The number of benzene rings is 1. The third-order valence-electron chi connectivity index (χ3n) is 4.61. The molecule has 0 saturated carbocycles. The first-order chi connectivity index (χ1) is 11.6. The molecule has 1 aromatic rings. The summed E-state index contributed by atoms with van der Waals surface area (Å²) in [5, 5.41) is 2.79. The Kier molecular flexibility index (Phi) is 5.25. The van der Waals surface area contributed by atoms with Gasteiger partial charge in [0, 0.05) is 32.2 Å². The van der Waals surface area contributed by atoms with Crippen LogP contribution in [0.2, 0.25) is 0 Å². The van der Waals surface area contributed by atoms with E-state index in [0.29, 0.717) is 32.6 Å². The van der Waals surface area contributed by atoms with Crippen molar-refractivity contribution in [2.45, 2.75) is 44.3 Å². The van der Waals surface area contributed by atoms with Crippen molar-refractivity contribution in [2.75, 3.05) is 13.2 Å². The van der Waals surface area contributed by atoms with Crippen LogP contribution in [0, 0.1) is 0 Å². The molecule has 1 atom stereocenters. The summed E-state index contributed by atoms with van der Waals surface area (Å²) in [5.41, 5.74) is 0.954. The predicted octanol–water partition coefficient (Wildman–Crippen LogP) is 1.04. The number of carbonyl (C=O) groups excluding carboxylic acids is 3. The third kappa shape index (κ3) is 3.82. The molecule has 24 heavy (non-hydrogen) atoms. The highest BCUT2D eigenvalue weighted by molar-refractivity contribution is 6.38. The van der Waals surface area contributed by atoms with Crippen molar-refractivity contribution in [2.24, 2.45) is 0 Å². The van der Waals surface area contributed by atoms with E-state index in [1.807, 2.05) is 30.3 Å². The first kappa shape index (κ1) is 16.6. The Labute approximate surface area is 141 Å². The normalized spacial score (nSPS) is 21.8. The molecule has 2 aliphatic heterocycles. The van der Waals surface area contributed by atoms with Gasteiger partial charge in [-0.25, -0.2) is 0 Å². The molecule has 0 unspecified atom stereocenters. The monoisotopic (exact) mass is 330 g/mol. The van der Waals surface area contributed by atoms with Crippen LogP contribution in [0.1, 0.15) is 31.2 Å². The Morgan fingerprint density at radius 1 is 1.12 bits per heavy atom. The smallest absolute Gasteiger partial charge is 0.289 e. The van der Waals surface area contributed by atoms with Crippen molar-refractivity contribution < 1.29 is 19.1 Å². The molecule has 2 fully saturated rings. The van der Waals surface area contributed by atoms with E-state index in [0.717, 1.165) is 18.4 Å². The molecule has 3 rings (SSSR count). The van der Waals surface area contributed by atoms with Crippen molar-refractivity contribution in [3.05, 3.63) is 35.9 Å². The largest absolute Gasteiger partial charge is 0.381 e. The number of likely N-dealkylation sites (tertiary alicyclic amines) is 1. The second kappa shape index (κ2) is 7.57. The summed E-state index contributed by atoms with van der Waals surface area (Å²) in [4.78, 5) is 38.5. The first-order valence-electron chi connectivity index (χ1n) is 8.41. The fraction of sp³-hybridized carbons (Fsp3) is 0.500. The van der Waals surface area contributed by atoms with Crippen LogP contribution >= 0.6 is 0 Å². The van der Waals surface area contributed by atoms with E-state index in [1.165, 1.54) is 4.90 Å². The van der Waals surface area contributed by atoms with Gasteiger partial charge in [0.2, 0.25) is 11.7 Å². The van der Waals surface area contributed by atoms with Crippen LogP contribution in [-0.4, -0.2) is 47.8 Å². The number of hydrogen-bond acceptors (Lipinski definition) is 4. The molecule has 0 radical (unpaired) electrons. The summed E-state index contributed by atoms with van der Waals surface area (Å²) in [6.45, 7) is 1.56. The lowest BCUT2D eigenvalue weighted by Gasteiger charge is -2.26. The highest BCUT2D eigenvalue weighted by Gasteiger charge is 2.39. The van der Waals surface area contributed by atoms with Gasteiger partial charge in [0.1, 0.15) is 6.04 Å². The molecule has 128 valence electrons. The number of hydrogen-bond donors (Lipinski definition) is 1. The van der Waals surface area contributed by atoms with Gasteiger partial charge < -0.3 is 15.0 Å². The van der Waals surface area contributed by atoms with Crippen molar-refractivity contribution in [3.8, 4) is 0 Å². The van der Waals surface area contributed by atoms with E-state index < -0.39 is 17.7 Å². The molecule has 2 heterocycles. The number of carbonyl (C=O) groups is 3. The summed E-state index contributed by atoms with van der Waals surface area (Å²) in [6, 6.07) is 8.84. The van der Waals surface area contributed by atoms with Crippen LogP contribution in [0.3, 0.4) is 0 Å². The van der Waals surface area contributed by atoms with Crippen molar-refractivity contribution in [1.82, 2.24) is 10.2 Å². The van der Waals surface area contributed by atoms with E-state index >= 15 is 0 Å². The SMILES string of the molecule is O=C(NC1CCOCC1)C(=O)[C@H]1CCC(=O)N1Cc1ccccc1. The molecule has 2 saturated heterocycles. The average Bonchev–Trinajstić information content (AvgIpc) is 2.97. The molecule has 0 aromatic heterocycles. The standard InChI is InChI=1S/C18H22N2O4/c21-16-7-6-15(20(16)12-13-4-2-1-3-5-13)17(22)18(23)19-14-8-10-24-11-9-14/h1-5,14-15H,6-12H2,(H,19,23)/t15-/m1/s1. The third-order valence-corrected chi connectivity index (χ3v) is 4.61. The van der Waals surface area contributed by atoms with Gasteiger partial charge >= 0.3 is 0 Å². The zero-order chi connectivity index (χ0) is 16.9. The zero-order valence-corrected chi connectivity index (χ0v) is 13.6. The quantitative estimate of drug-likeness (QED) is 0.819. The van der Waals surface area contributed by atoms with Crippen LogP contribution in [0.4, 0.5) is 0 Å². The minimum absolute atomic E-state index is 0.0186. The summed E-state index contributed by atoms with van der Waals surface area (Å²) in [7, 11) is 0. The van der Waals surface area contributed by atoms with Gasteiger partial charge in [-0.15, -0.1) is 0 Å². The van der Waals surface area contributed by atoms with Gasteiger partial charge in [0.25, 0.3) is 5.91 Å². The molecule has 6 heteroatoms. The van der Waals surface area contributed by atoms with Crippen LogP contribution in [0.15, 0.2) is 30.3 Å². The summed E-state index contributed by atoms with van der Waals surface area (Å²) < 4.78 is 5.25. The number of amides is 2. The van der Waals surface area contributed by atoms with Gasteiger partial charge in [0.15, 0.2) is 0 Å². The summed E-state index contributed by atoms with van der Waals surface area (Å²) >= 11 is 0. The molecule has 2 amide bonds. The van der Waals surface area contributed by atoms with Crippen molar-refractivity contribution in [1.29, 1.82) is 0 Å². The molecule has 1 N–H and O–H groups in total. The molecule has 0 aliphatic carbocycles. The van der Waals surface area contributed by atoms with Gasteiger partial charge in [-0.1, -0.05) is 30.3 Å². The van der Waals surface area contributed by atoms with E-state index in [9.17, 15) is 14.4 Å². The lowest BCUT2D eigenvalue weighted by Crippen LogP contribution is -2.49. The fourth-order valence-electron chi connectivity index (χ4n) is 3.23. The van der Waals surface area contributed by atoms with Crippen molar-refractivity contribution >= 4 is 17.6 Å². The Bertz CT molecular complexity index is 611. The van der Waals surface area contributed by atoms with Gasteiger partial charge in [0.05, 0.1) is 0 Å². The Balaban J connectivity index is 1.63. The van der Waals surface area contributed by atoms with Crippen LogP contribution in [-0.2, 0) is 25.7 Å². The maximum absolute atomic E-state index is 12.5. The number of nitrogens with one attached hydrogen (secondary N) is 1.